The van der Waals surface area contributed by atoms with Crippen LogP contribution in [-0.4, -0.2) is 26.8 Å². The normalized spacial score (nSPS) is 13.1. The van der Waals surface area contributed by atoms with Crippen molar-refractivity contribution in [3.05, 3.63) is 35.4 Å². The van der Waals surface area contributed by atoms with Gasteiger partial charge in [-0.25, -0.2) is 0 Å². The molecule has 1 aromatic carbocycles. The molecule has 0 heterocycles. The molecule has 2 nitrogen and oxygen atoms in total. The van der Waals surface area contributed by atoms with Gasteiger partial charge in [0.2, 0.25) is 0 Å². The summed E-state index contributed by atoms with van der Waals surface area (Å²) in [5.41, 5.74) is 2.89. The first-order valence-electron chi connectivity index (χ1n) is 8.31. The highest BCUT2D eigenvalue weighted by Gasteiger charge is 2.12. The minimum atomic E-state index is 0.612. The number of hydrogen-bond acceptors (Lipinski definition) is 2. The molecule has 1 rings (SSSR count). The topological polar surface area (TPSA) is 21.3 Å². The standard InChI is InChI=1S/C19H33NO/c1-15(2)12-18(14-20-10-11-21-5)13-17-6-8-19(9-7-17)16(3)4/h6-9,15-16,18,20H,10-14H2,1-5H3. The van der Waals surface area contributed by atoms with Gasteiger partial charge in [0.1, 0.15) is 0 Å². The number of rotatable bonds is 10. The zero-order chi connectivity index (χ0) is 15.7. The predicted octanol–water partition coefficient (Wildman–Crippen LogP) is 4.25. The van der Waals surface area contributed by atoms with Crippen LogP contribution in [-0.2, 0) is 11.2 Å². The molecule has 0 aliphatic rings. The van der Waals surface area contributed by atoms with E-state index in [0.717, 1.165) is 32.0 Å². The minimum Gasteiger partial charge on any atom is -0.383 e. The van der Waals surface area contributed by atoms with Crippen LogP contribution in [0.25, 0.3) is 0 Å². The molecule has 0 bridgehead atoms. The lowest BCUT2D eigenvalue weighted by atomic mass is 9.90. The SMILES string of the molecule is COCCNCC(Cc1ccc(C(C)C)cc1)CC(C)C. The molecule has 1 aromatic rings. The van der Waals surface area contributed by atoms with E-state index in [1.807, 2.05) is 0 Å². The lowest BCUT2D eigenvalue weighted by Crippen LogP contribution is -2.28. The maximum Gasteiger partial charge on any atom is 0.0587 e. The van der Waals surface area contributed by atoms with Crippen LogP contribution in [0.15, 0.2) is 24.3 Å². The van der Waals surface area contributed by atoms with Gasteiger partial charge in [0, 0.05) is 13.7 Å². The van der Waals surface area contributed by atoms with Crippen molar-refractivity contribution < 1.29 is 4.74 Å². The maximum absolute atomic E-state index is 5.10. The summed E-state index contributed by atoms with van der Waals surface area (Å²) in [7, 11) is 1.75. The zero-order valence-corrected chi connectivity index (χ0v) is 14.5. The maximum atomic E-state index is 5.10. The fourth-order valence-electron chi connectivity index (χ4n) is 2.76. The van der Waals surface area contributed by atoms with Crippen molar-refractivity contribution in [1.82, 2.24) is 5.32 Å². The third-order valence-electron chi connectivity index (χ3n) is 3.89. The molecule has 1 N–H and O–H groups in total. The van der Waals surface area contributed by atoms with E-state index in [0.29, 0.717) is 11.8 Å². The summed E-state index contributed by atoms with van der Waals surface area (Å²) in [5, 5.41) is 3.52. The Morgan fingerprint density at radius 1 is 1.05 bits per heavy atom. The molecular formula is C19H33NO. The van der Waals surface area contributed by atoms with E-state index in [2.05, 4.69) is 57.3 Å². The Labute approximate surface area is 131 Å². The van der Waals surface area contributed by atoms with Gasteiger partial charge in [0.25, 0.3) is 0 Å². The van der Waals surface area contributed by atoms with E-state index in [1.54, 1.807) is 7.11 Å². The molecule has 0 radical (unpaired) electrons. The second-order valence-electron chi connectivity index (χ2n) is 6.79. The summed E-state index contributed by atoms with van der Waals surface area (Å²) in [6.45, 7) is 11.9. The highest BCUT2D eigenvalue weighted by atomic mass is 16.5. The average Bonchev–Trinajstić information content (AvgIpc) is 2.43. The van der Waals surface area contributed by atoms with Crippen LogP contribution in [0.5, 0.6) is 0 Å². The first kappa shape index (κ1) is 18.2. The molecule has 0 spiro atoms. The van der Waals surface area contributed by atoms with Crippen molar-refractivity contribution in [1.29, 1.82) is 0 Å². The summed E-state index contributed by atoms with van der Waals surface area (Å²) >= 11 is 0. The van der Waals surface area contributed by atoms with Crippen LogP contribution < -0.4 is 5.32 Å². The zero-order valence-electron chi connectivity index (χ0n) is 14.5. The van der Waals surface area contributed by atoms with Crippen LogP contribution in [0, 0.1) is 11.8 Å². The molecule has 0 saturated carbocycles. The van der Waals surface area contributed by atoms with Crippen LogP contribution in [0.3, 0.4) is 0 Å². The highest BCUT2D eigenvalue weighted by molar-refractivity contribution is 5.25. The predicted molar refractivity (Wildman–Crippen MR) is 91.9 cm³/mol. The van der Waals surface area contributed by atoms with Crippen LogP contribution >= 0.6 is 0 Å². The first-order valence-corrected chi connectivity index (χ1v) is 8.31. The Hall–Kier alpha value is -0.860. The van der Waals surface area contributed by atoms with Gasteiger partial charge in [-0.3, -0.25) is 0 Å². The van der Waals surface area contributed by atoms with Gasteiger partial charge in [0.05, 0.1) is 6.61 Å². The second kappa shape index (κ2) is 9.97. The summed E-state index contributed by atoms with van der Waals surface area (Å²) in [5.74, 6) is 2.06. The molecule has 1 atom stereocenters. The van der Waals surface area contributed by atoms with Gasteiger partial charge in [-0.15, -0.1) is 0 Å². The Morgan fingerprint density at radius 2 is 1.71 bits per heavy atom. The van der Waals surface area contributed by atoms with Gasteiger partial charge >= 0.3 is 0 Å². The van der Waals surface area contributed by atoms with E-state index >= 15 is 0 Å². The molecule has 0 aromatic heterocycles. The monoisotopic (exact) mass is 291 g/mol. The Morgan fingerprint density at radius 3 is 2.24 bits per heavy atom. The molecular weight excluding hydrogens is 258 g/mol. The van der Waals surface area contributed by atoms with E-state index in [9.17, 15) is 0 Å². The molecule has 2 heteroatoms. The Bertz CT molecular complexity index is 370. The number of benzene rings is 1. The van der Waals surface area contributed by atoms with Crippen molar-refractivity contribution in [3.63, 3.8) is 0 Å². The third kappa shape index (κ3) is 7.63. The first-order chi connectivity index (χ1) is 10.0. The van der Waals surface area contributed by atoms with E-state index in [1.165, 1.54) is 17.5 Å². The average molecular weight is 291 g/mol. The quantitative estimate of drug-likeness (QED) is 0.651. The number of methoxy groups -OCH3 is 1. The molecule has 1 unspecified atom stereocenters. The molecule has 120 valence electrons. The largest absolute Gasteiger partial charge is 0.383 e. The van der Waals surface area contributed by atoms with Gasteiger partial charge < -0.3 is 10.1 Å². The molecule has 0 fully saturated rings. The lowest BCUT2D eigenvalue weighted by molar-refractivity contribution is 0.197. The molecule has 21 heavy (non-hydrogen) atoms. The molecule has 0 aliphatic heterocycles. The van der Waals surface area contributed by atoms with Crippen LogP contribution in [0.1, 0.15) is 51.2 Å². The minimum absolute atomic E-state index is 0.612. The number of hydrogen-bond donors (Lipinski definition) is 1. The highest BCUT2D eigenvalue weighted by Crippen LogP contribution is 2.19. The van der Waals surface area contributed by atoms with Crippen molar-refractivity contribution in [2.24, 2.45) is 11.8 Å². The molecule has 0 saturated heterocycles. The molecule has 0 aliphatic carbocycles. The van der Waals surface area contributed by atoms with Crippen molar-refractivity contribution >= 4 is 0 Å². The van der Waals surface area contributed by atoms with Crippen LogP contribution in [0.2, 0.25) is 0 Å². The van der Waals surface area contributed by atoms with Gasteiger partial charge in [-0.2, -0.15) is 0 Å². The lowest BCUT2D eigenvalue weighted by Gasteiger charge is -2.20. The van der Waals surface area contributed by atoms with Gasteiger partial charge in [-0.1, -0.05) is 52.0 Å². The Kier molecular flexibility index (Phi) is 8.63. The fraction of sp³-hybridized carbons (Fsp3) is 0.684. The van der Waals surface area contributed by atoms with Crippen molar-refractivity contribution in [3.8, 4) is 0 Å². The Balaban J connectivity index is 2.53. The van der Waals surface area contributed by atoms with Crippen molar-refractivity contribution in [2.45, 2.75) is 46.5 Å². The van der Waals surface area contributed by atoms with E-state index in [-0.39, 0.29) is 0 Å². The summed E-state index contributed by atoms with van der Waals surface area (Å²) < 4.78 is 5.10. The summed E-state index contributed by atoms with van der Waals surface area (Å²) in [6, 6.07) is 9.17. The number of nitrogens with one attached hydrogen (secondary N) is 1. The third-order valence-corrected chi connectivity index (χ3v) is 3.89. The number of ether oxygens (including phenoxy) is 1. The van der Waals surface area contributed by atoms with E-state index in [4.69, 9.17) is 4.74 Å². The smallest absolute Gasteiger partial charge is 0.0587 e. The van der Waals surface area contributed by atoms with Crippen LogP contribution in [0.4, 0.5) is 0 Å². The summed E-state index contributed by atoms with van der Waals surface area (Å²) in [6.07, 6.45) is 2.43. The van der Waals surface area contributed by atoms with Gasteiger partial charge in [0.15, 0.2) is 0 Å². The van der Waals surface area contributed by atoms with Crippen molar-refractivity contribution in [2.75, 3.05) is 26.8 Å². The second-order valence-corrected chi connectivity index (χ2v) is 6.79. The van der Waals surface area contributed by atoms with E-state index < -0.39 is 0 Å². The fourth-order valence-corrected chi connectivity index (χ4v) is 2.76. The summed E-state index contributed by atoms with van der Waals surface area (Å²) in [4.78, 5) is 0. The molecule has 0 amide bonds. The van der Waals surface area contributed by atoms with Gasteiger partial charge in [-0.05, 0) is 48.3 Å².